The summed E-state index contributed by atoms with van der Waals surface area (Å²) in [6, 6.07) is 0. The Morgan fingerprint density at radius 2 is 1.09 bits per heavy atom. The molecular formula is C40H77NO4. The van der Waals surface area contributed by atoms with Crippen molar-refractivity contribution in [3.8, 4) is 0 Å². The lowest BCUT2D eigenvalue weighted by molar-refractivity contribution is -0.150. The Hall–Kier alpha value is -1.10. The van der Waals surface area contributed by atoms with Crippen LogP contribution in [0.25, 0.3) is 0 Å². The molecule has 1 rings (SSSR count). The molecule has 0 radical (unpaired) electrons. The van der Waals surface area contributed by atoms with E-state index < -0.39 is 0 Å². The maximum atomic E-state index is 12.8. The number of unbranched alkanes of at least 4 members (excludes halogenated alkanes) is 15. The average Bonchev–Trinajstić information content (AvgIpc) is 3.04. The van der Waals surface area contributed by atoms with Crippen LogP contribution in [0.2, 0.25) is 0 Å². The first-order chi connectivity index (χ1) is 22.0. The molecule has 2 unspecified atom stereocenters. The van der Waals surface area contributed by atoms with Crippen molar-refractivity contribution < 1.29 is 19.1 Å². The second-order valence-corrected chi connectivity index (χ2v) is 14.5. The van der Waals surface area contributed by atoms with Gasteiger partial charge in [-0.25, -0.2) is 0 Å². The monoisotopic (exact) mass is 636 g/mol. The third-order valence-corrected chi connectivity index (χ3v) is 10.1. The van der Waals surface area contributed by atoms with Crippen LogP contribution in [0.3, 0.4) is 0 Å². The van der Waals surface area contributed by atoms with E-state index in [-0.39, 0.29) is 18.0 Å². The van der Waals surface area contributed by atoms with Gasteiger partial charge in [0.15, 0.2) is 0 Å². The predicted molar refractivity (Wildman–Crippen MR) is 192 cm³/mol. The number of rotatable bonds is 31. The average molecular weight is 636 g/mol. The third-order valence-electron chi connectivity index (χ3n) is 10.1. The Bertz CT molecular complexity index is 675. The lowest BCUT2D eigenvalue weighted by Crippen LogP contribution is -2.30. The summed E-state index contributed by atoms with van der Waals surface area (Å²) < 4.78 is 11.8. The second-order valence-electron chi connectivity index (χ2n) is 14.5. The molecular weight excluding hydrogens is 558 g/mol. The van der Waals surface area contributed by atoms with Gasteiger partial charge in [0, 0.05) is 12.8 Å². The van der Waals surface area contributed by atoms with Crippen LogP contribution in [0.15, 0.2) is 0 Å². The SMILES string of the molecule is CCCCCCCCCC(CCCCCCCCC(=O)OCC(CCCC)CCCCCC)OC(=O)CCC1CCN(C)CC1. The number of hydrogen-bond donors (Lipinski definition) is 0. The van der Waals surface area contributed by atoms with Crippen molar-refractivity contribution in [2.75, 3.05) is 26.7 Å². The second kappa shape index (κ2) is 30.2. The van der Waals surface area contributed by atoms with Gasteiger partial charge in [-0.1, -0.05) is 124 Å². The fourth-order valence-electron chi connectivity index (χ4n) is 6.80. The lowest BCUT2D eigenvalue weighted by Gasteiger charge is -2.28. The van der Waals surface area contributed by atoms with Crippen LogP contribution < -0.4 is 0 Å². The molecule has 0 bridgehead atoms. The maximum absolute atomic E-state index is 12.8. The Morgan fingerprint density at radius 3 is 1.69 bits per heavy atom. The van der Waals surface area contributed by atoms with Crippen LogP contribution in [0.1, 0.15) is 201 Å². The van der Waals surface area contributed by atoms with E-state index in [0.29, 0.717) is 31.3 Å². The van der Waals surface area contributed by atoms with E-state index in [4.69, 9.17) is 9.47 Å². The van der Waals surface area contributed by atoms with Gasteiger partial charge in [0.05, 0.1) is 6.61 Å². The minimum absolute atomic E-state index is 0.00380. The van der Waals surface area contributed by atoms with Gasteiger partial charge in [0.2, 0.25) is 0 Å². The molecule has 1 aliphatic heterocycles. The summed E-state index contributed by atoms with van der Waals surface area (Å²) >= 11 is 0. The van der Waals surface area contributed by atoms with Crippen molar-refractivity contribution in [2.45, 2.75) is 207 Å². The molecule has 2 atom stereocenters. The number of likely N-dealkylation sites (tertiary alicyclic amines) is 1. The van der Waals surface area contributed by atoms with E-state index in [9.17, 15) is 9.59 Å². The summed E-state index contributed by atoms with van der Waals surface area (Å²) in [6.07, 6.45) is 32.4. The van der Waals surface area contributed by atoms with Crippen molar-refractivity contribution in [1.82, 2.24) is 4.90 Å². The van der Waals surface area contributed by atoms with Crippen molar-refractivity contribution >= 4 is 11.9 Å². The van der Waals surface area contributed by atoms with Crippen molar-refractivity contribution in [2.24, 2.45) is 11.8 Å². The smallest absolute Gasteiger partial charge is 0.306 e. The molecule has 0 aromatic carbocycles. The molecule has 1 heterocycles. The van der Waals surface area contributed by atoms with Gasteiger partial charge in [0.1, 0.15) is 6.10 Å². The fraction of sp³-hybridized carbons (Fsp3) is 0.950. The largest absolute Gasteiger partial charge is 0.465 e. The van der Waals surface area contributed by atoms with E-state index in [1.165, 1.54) is 128 Å². The molecule has 0 aliphatic carbocycles. The molecule has 0 saturated carbocycles. The highest BCUT2D eigenvalue weighted by Crippen LogP contribution is 2.23. The Kier molecular flexibility index (Phi) is 28.2. The zero-order chi connectivity index (χ0) is 32.8. The molecule has 1 aliphatic rings. The molecule has 1 fully saturated rings. The number of piperidine rings is 1. The van der Waals surface area contributed by atoms with Gasteiger partial charge in [0.25, 0.3) is 0 Å². The van der Waals surface area contributed by atoms with E-state index in [0.717, 1.165) is 51.6 Å². The molecule has 1 saturated heterocycles. The van der Waals surface area contributed by atoms with Crippen molar-refractivity contribution in [1.29, 1.82) is 0 Å². The molecule has 0 amide bonds. The molecule has 5 heteroatoms. The first-order valence-electron chi connectivity index (χ1n) is 20.0. The van der Waals surface area contributed by atoms with Gasteiger partial charge < -0.3 is 14.4 Å². The summed E-state index contributed by atoms with van der Waals surface area (Å²) in [6.45, 7) is 9.69. The van der Waals surface area contributed by atoms with Crippen LogP contribution in [0.5, 0.6) is 0 Å². The summed E-state index contributed by atoms with van der Waals surface area (Å²) in [5.41, 5.74) is 0. The van der Waals surface area contributed by atoms with Gasteiger partial charge in [-0.3, -0.25) is 9.59 Å². The zero-order valence-corrected chi connectivity index (χ0v) is 30.7. The van der Waals surface area contributed by atoms with Crippen LogP contribution in [0, 0.1) is 11.8 Å². The summed E-state index contributed by atoms with van der Waals surface area (Å²) in [4.78, 5) is 27.5. The number of nitrogens with zero attached hydrogens (tertiary/aromatic N) is 1. The quantitative estimate of drug-likeness (QED) is 0.0560. The van der Waals surface area contributed by atoms with Crippen molar-refractivity contribution in [3.05, 3.63) is 0 Å². The number of carbonyl (C=O) groups excluding carboxylic acids is 2. The molecule has 0 N–H and O–H groups in total. The summed E-state index contributed by atoms with van der Waals surface area (Å²) in [7, 11) is 2.19. The highest BCUT2D eigenvalue weighted by atomic mass is 16.5. The Labute approximate surface area is 280 Å². The third kappa shape index (κ3) is 25.6. The van der Waals surface area contributed by atoms with E-state index in [2.05, 4.69) is 32.7 Å². The molecule has 0 aromatic rings. The van der Waals surface area contributed by atoms with Gasteiger partial charge in [-0.15, -0.1) is 0 Å². The number of carbonyl (C=O) groups is 2. The number of hydrogen-bond acceptors (Lipinski definition) is 5. The molecule has 266 valence electrons. The normalized spacial score (nSPS) is 15.6. The number of ether oxygens (including phenoxy) is 2. The van der Waals surface area contributed by atoms with Gasteiger partial charge in [-0.2, -0.15) is 0 Å². The van der Waals surface area contributed by atoms with Crippen LogP contribution >= 0.6 is 0 Å². The molecule has 5 nitrogen and oxygen atoms in total. The van der Waals surface area contributed by atoms with Crippen LogP contribution in [-0.2, 0) is 19.1 Å². The van der Waals surface area contributed by atoms with Crippen LogP contribution in [-0.4, -0.2) is 49.7 Å². The minimum Gasteiger partial charge on any atom is -0.465 e. The highest BCUT2D eigenvalue weighted by molar-refractivity contribution is 5.69. The maximum Gasteiger partial charge on any atom is 0.306 e. The summed E-state index contributed by atoms with van der Waals surface area (Å²) in [5, 5.41) is 0. The highest BCUT2D eigenvalue weighted by Gasteiger charge is 2.20. The van der Waals surface area contributed by atoms with Crippen LogP contribution in [0.4, 0.5) is 0 Å². The number of esters is 2. The Morgan fingerprint density at radius 1 is 0.600 bits per heavy atom. The first-order valence-corrected chi connectivity index (χ1v) is 20.0. The molecule has 0 aromatic heterocycles. The van der Waals surface area contributed by atoms with Gasteiger partial charge in [-0.05, 0) is 96.2 Å². The van der Waals surface area contributed by atoms with Crippen molar-refractivity contribution in [3.63, 3.8) is 0 Å². The first kappa shape index (κ1) is 41.9. The standard InChI is InChI=1S/C40H77NO4/c1-5-8-11-13-14-17-21-26-38(45-40(43)30-29-36-31-33-41(4)34-32-36)27-22-18-15-16-19-23-28-39(42)44-35-37(24-10-7-3)25-20-12-9-6-2/h36-38H,5-35H2,1-4H3. The summed E-state index contributed by atoms with van der Waals surface area (Å²) in [5.74, 6) is 1.25. The van der Waals surface area contributed by atoms with E-state index >= 15 is 0 Å². The Balaban J connectivity index is 2.23. The molecule has 45 heavy (non-hydrogen) atoms. The molecule has 0 spiro atoms. The topological polar surface area (TPSA) is 55.8 Å². The predicted octanol–water partition coefficient (Wildman–Crippen LogP) is 11.6. The van der Waals surface area contributed by atoms with E-state index in [1.807, 2.05) is 0 Å². The zero-order valence-electron chi connectivity index (χ0n) is 30.7. The fourth-order valence-corrected chi connectivity index (χ4v) is 6.80. The minimum atomic E-state index is -0.00380. The lowest BCUT2D eigenvalue weighted by atomic mass is 9.92. The van der Waals surface area contributed by atoms with Gasteiger partial charge >= 0.3 is 11.9 Å². The van der Waals surface area contributed by atoms with E-state index in [1.54, 1.807) is 0 Å².